The van der Waals surface area contributed by atoms with E-state index in [2.05, 4.69) is 15.0 Å². The van der Waals surface area contributed by atoms with Gasteiger partial charge in [-0.05, 0) is 30.7 Å². The van der Waals surface area contributed by atoms with Crippen molar-refractivity contribution in [3.05, 3.63) is 54.5 Å². The van der Waals surface area contributed by atoms with Crippen molar-refractivity contribution in [1.29, 1.82) is 0 Å². The molecule has 0 aliphatic carbocycles. The van der Waals surface area contributed by atoms with Gasteiger partial charge in [-0.3, -0.25) is 9.97 Å². The van der Waals surface area contributed by atoms with Gasteiger partial charge in [0.2, 0.25) is 0 Å². The van der Waals surface area contributed by atoms with E-state index >= 15 is 0 Å². The van der Waals surface area contributed by atoms with Gasteiger partial charge in [-0.1, -0.05) is 12.1 Å². The minimum absolute atomic E-state index is 0.892. The van der Waals surface area contributed by atoms with Crippen molar-refractivity contribution >= 4 is 10.9 Å². The van der Waals surface area contributed by atoms with E-state index in [-0.39, 0.29) is 0 Å². The predicted octanol–water partition coefficient (Wildman–Crippen LogP) is 3.00. The maximum atomic E-state index is 4.58. The Hall–Kier alpha value is -2.29. The number of hydrogen-bond donors (Lipinski definition) is 0. The van der Waals surface area contributed by atoms with E-state index in [9.17, 15) is 0 Å². The summed E-state index contributed by atoms with van der Waals surface area (Å²) in [5, 5.41) is 1.09. The molecule has 0 aliphatic rings. The Kier molecular flexibility index (Phi) is 2.29. The van der Waals surface area contributed by atoms with Gasteiger partial charge in [-0.25, -0.2) is 4.98 Å². The van der Waals surface area contributed by atoms with Crippen LogP contribution in [0.4, 0.5) is 0 Å². The molecule has 0 atom stereocenters. The van der Waals surface area contributed by atoms with E-state index in [4.69, 9.17) is 0 Å². The first kappa shape index (κ1) is 9.90. The summed E-state index contributed by atoms with van der Waals surface area (Å²) in [7, 11) is 0. The lowest BCUT2D eigenvalue weighted by Gasteiger charge is -2.04. The molecule has 0 amide bonds. The predicted molar refractivity (Wildman–Crippen MR) is 67.5 cm³/mol. The molecule has 82 valence electrons. The van der Waals surface area contributed by atoms with Gasteiger partial charge in [-0.2, -0.15) is 0 Å². The number of aryl methyl sites for hydroxylation is 1. The molecule has 0 saturated heterocycles. The van der Waals surface area contributed by atoms with Crippen LogP contribution in [0.2, 0.25) is 0 Å². The zero-order valence-electron chi connectivity index (χ0n) is 9.46. The lowest BCUT2D eigenvalue weighted by atomic mass is 10.1. The highest BCUT2D eigenvalue weighted by Crippen LogP contribution is 2.20. The first-order valence-electron chi connectivity index (χ1n) is 5.47. The molecule has 0 unspecified atom stereocenters. The van der Waals surface area contributed by atoms with Crippen LogP contribution >= 0.6 is 0 Å². The van der Waals surface area contributed by atoms with Crippen LogP contribution in [-0.4, -0.2) is 15.0 Å². The fourth-order valence-electron chi connectivity index (χ4n) is 1.85. The molecule has 3 rings (SSSR count). The minimum atomic E-state index is 0.892. The Morgan fingerprint density at radius 3 is 2.82 bits per heavy atom. The lowest BCUT2D eigenvalue weighted by Crippen LogP contribution is -1.91. The van der Waals surface area contributed by atoms with Gasteiger partial charge < -0.3 is 0 Å². The van der Waals surface area contributed by atoms with Gasteiger partial charge in [0.25, 0.3) is 0 Å². The van der Waals surface area contributed by atoms with Crippen LogP contribution in [0.25, 0.3) is 22.3 Å². The Bertz CT molecular complexity index is 677. The highest BCUT2D eigenvalue weighted by molar-refractivity contribution is 5.80. The monoisotopic (exact) mass is 221 g/mol. The molecule has 17 heavy (non-hydrogen) atoms. The summed E-state index contributed by atoms with van der Waals surface area (Å²) in [5.41, 5.74) is 3.85. The van der Waals surface area contributed by atoms with Crippen LogP contribution in [0.1, 0.15) is 5.56 Å². The second-order valence-electron chi connectivity index (χ2n) is 3.93. The molecule has 3 aromatic rings. The third-order valence-corrected chi connectivity index (χ3v) is 2.75. The Labute approximate surface area is 99.2 Å². The number of rotatable bonds is 1. The third kappa shape index (κ3) is 1.76. The first-order chi connectivity index (χ1) is 8.34. The molecule has 0 aliphatic heterocycles. The Morgan fingerprint density at radius 1 is 1.00 bits per heavy atom. The van der Waals surface area contributed by atoms with Crippen molar-refractivity contribution in [2.45, 2.75) is 6.92 Å². The number of fused-ring (bicyclic) bond motifs is 1. The van der Waals surface area contributed by atoms with Crippen molar-refractivity contribution in [3.8, 4) is 11.4 Å². The molecular formula is C14H11N3. The van der Waals surface area contributed by atoms with E-state index in [0.29, 0.717) is 0 Å². The molecule has 0 fully saturated rings. The second-order valence-corrected chi connectivity index (χ2v) is 3.93. The van der Waals surface area contributed by atoms with E-state index in [1.54, 1.807) is 18.6 Å². The van der Waals surface area contributed by atoms with Gasteiger partial charge in [0.05, 0.1) is 23.1 Å². The second kappa shape index (κ2) is 3.94. The highest BCUT2D eigenvalue weighted by atomic mass is 14.8. The summed E-state index contributed by atoms with van der Waals surface area (Å²) in [6, 6.07) is 9.97. The molecule has 0 saturated carbocycles. The fourth-order valence-corrected chi connectivity index (χ4v) is 1.85. The zero-order valence-corrected chi connectivity index (χ0v) is 9.46. The van der Waals surface area contributed by atoms with Crippen LogP contribution in [-0.2, 0) is 0 Å². The van der Waals surface area contributed by atoms with Crippen molar-refractivity contribution < 1.29 is 0 Å². The van der Waals surface area contributed by atoms with Crippen molar-refractivity contribution in [2.24, 2.45) is 0 Å². The molecule has 3 aromatic heterocycles. The SMILES string of the molecule is Cc1cccnc1-c1ccc2ccncc2n1. The molecule has 3 heteroatoms. The molecule has 0 aromatic carbocycles. The molecule has 0 bridgehead atoms. The highest BCUT2D eigenvalue weighted by Gasteiger charge is 2.04. The van der Waals surface area contributed by atoms with Crippen molar-refractivity contribution in [2.75, 3.05) is 0 Å². The topological polar surface area (TPSA) is 38.7 Å². The van der Waals surface area contributed by atoms with E-state index in [1.807, 2.05) is 37.3 Å². The fraction of sp³-hybridized carbons (Fsp3) is 0.0714. The van der Waals surface area contributed by atoms with Crippen LogP contribution in [0.5, 0.6) is 0 Å². The Morgan fingerprint density at radius 2 is 1.94 bits per heavy atom. The van der Waals surface area contributed by atoms with E-state index in [0.717, 1.165) is 27.9 Å². The van der Waals surface area contributed by atoms with Gasteiger partial charge >= 0.3 is 0 Å². The van der Waals surface area contributed by atoms with Crippen LogP contribution in [0.3, 0.4) is 0 Å². The molecule has 0 spiro atoms. The van der Waals surface area contributed by atoms with Gasteiger partial charge in [0.15, 0.2) is 0 Å². The minimum Gasteiger partial charge on any atom is -0.262 e. The van der Waals surface area contributed by atoms with Crippen molar-refractivity contribution in [1.82, 2.24) is 15.0 Å². The van der Waals surface area contributed by atoms with E-state index in [1.165, 1.54) is 0 Å². The average Bonchev–Trinajstić information content (AvgIpc) is 2.39. The number of pyridine rings is 3. The largest absolute Gasteiger partial charge is 0.262 e. The summed E-state index contributed by atoms with van der Waals surface area (Å²) >= 11 is 0. The van der Waals surface area contributed by atoms with Crippen molar-refractivity contribution in [3.63, 3.8) is 0 Å². The summed E-state index contributed by atoms with van der Waals surface area (Å²) in [5.74, 6) is 0. The molecule has 3 heterocycles. The molecule has 0 N–H and O–H groups in total. The normalized spacial score (nSPS) is 10.6. The quantitative estimate of drug-likeness (QED) is 0.634. The average molecular weight is 221 g/mol. The first-order valence-corrected chi connectivity index (χ1v) is 5.47. The smallest absolute Gasteiger partial charge is 0.0915 e. The third-order valence-electron chi connectivity index (χ3n) is 2.75. The van der Waals surface area contributed by atoms with Crippen LogP contribution < -0.4 is 0 Å². The lowest BCUT2D eigenvalue weighted by molar-refractivity contribution is 1.23. The van der Waals surface area contributed by atoms with Crippen LogP contribution in [0, 0.1) is 6.92 Å². The number of nitrogens with zero attached hydrogens (tertiary/aromatic N) is 3. The number of hydrogen-bond acceptors (Lipinski definition) is 3. The maximum absolute atomic E-state index is 4.58. The zero-order chi connectivity index (χ0) is 11.7. The summed E-state index contributed by atoms with van der Waals surface area (Å²) in [6.07, 6.45) is 5.34. The van der Waals surface area contributed by atoms with Gasteiger partial charge in [0, 0.05) is 17.8 Å². The summed E-state index contributed by atoms with van der Waals surface area (Å²) in [4.78, 5) is 13.0. The summed E-state index contributed by atoms with van der Waals surface area (Å²) in [6.45, 7) is 2.04. The summed E-state index contributed by atoms with van der Waals surface area (Å²) < 4.78 is 0. The van der Waals surface area contributed by atoms with E-state index < -0.39 is 0 Å². The maximum Gasteiger partial charge on any atom is 0.0915 e. The standard InChI is InChI=1S/C14H11N3/c1-10-3-2-7-16-14(10)12-5-4-11-6-8-15-9-13(11)17-12/h2-9H,1H3. The molecular weight excluding hydrogens is 210 g/mol. The van der Waals surface area contributed by atoms with Gasteiger partial charge in [-0.15, -0.1) is 0 Å². The van der Waals surface area contributed by atoms with Crippen LogP contribution in [0.15, 0.2) is 48.9 Å². The molecule has 0 radical (unpaired) electrons. The number of aromatic nitrogens is 3. The Balaban J connectivity index is 2.22. The molecule has 3 nitrogen and oxygen atoms in total. The van der Waals surface area contributed by atoms with Gasteiger partial charge in [0.1, 0.15) is 0 Å².